The van der Waals surface area contributed by atoms with Crippen LogP contribution in [0.5, 0.6) is 5.75 Å². The van der Waals surface area contributed by atoms with E-state index in [0.717, 1.165) is 12.3 Å². The largest absolute Gasteiger partial charge is 0.497 e. The van der Waals surface area contributed by atoms with E-state index < -0.39 is 0 Å². The predicted molar refractivity (Wildman–Crippen MR) is 69.3 cm³/mol. The average Bonchev–Trinajstić information content (AvgIpc) is 2.38. The summed E-state index contributed by atoms with van der Waals surface area (Å²) in [7, 11) is 1.67. The van der Waals surface area contributed by atoms with E-state index in [0.29, 0.717) is 6.54 Å². The summed E-state index contributed by atoms with van der Waals surface area (Å²) < 4.78 is 5.19. The Bertz CT molecular complexity index is 497. The van der Waals surface area contributed by atoms with Crippen LogP contribution in [0.2, 0.25) is 0 Å². The number of nitrogens with one attached hydrogen (secondary N) is 1. The maximum atomic E-state index is 8.70. The third-order valence-electron chi connectivity index (χ3n) is 2.73. The number of benzene rings is 2. The van der Waals surface area contributed by atoms with E-state index >= 15 is 0 Å². The summed E-state index contributed by atoms with van der Waals surface area (Å²) in [5.74, 6) is 0.878. The number of hydrogen-bond donors (Lipinski definition) is 2. The SMILES string of the molecule is COc1ccc2cc(CNCCO)ccc2c1. The zero-order valence-electron chi connectivity index (χ0n) is 9.94. The van der Waals surface area contributed by atoms with Gasteiger partial charge in [0.25, 0.3) is 0 Å². The second kappa shape index (κ2) is 5.66. The zero-order chi connectivity index (χ0) is 12.1. The van der Waals surface area contributed by atoms with E-state index in [-0.39, 0.29) is 6.61 Å². The standard InChI is InChI=1S/C14H17NO2/c1-17-14-5-4-12-8-11(10-15-6-7-16)2-3-13(12)9-14/h2-5,8-9,15-16H,6-7,10H2,1H3. The van der Waals surface area contributed by atoms with E-state index in [1.807, 2.05) is 12.1 Å². The Morgan fingerprint density at radius 3 is 2.65 bits per heavy atom. The topological polar surface area (TPSA) is 41.5 Å². The van der Waals surface area contributed by atoms with Gasteiger partial charge in [-0.25, -0.2) is 0 Å². The lowest BCUT2D eigenvalue weighted by molar-refractivity contribution is 0.292. The molecule has 0 saturated heterocycles. The van der Waals surface area contributed by atoms with Gasteiger partial charge in [0.1, 0.15) is 5.75 Å². The average molecular weight is 231 g/mol. The molecule has 0 radical (unpaired) electrons. The van der Waals surface area contributed by atoms with Crippen LogP contribution in [0.15, 0.2) is 36.4 Å². The van der Waals surface area contributed by atoms with Gasteiger partial charge in [-0.05, 0) is 34.5 Å². The summed E-state index contributed by atoms with van der Waals surface area (Å²) in [5.41, 5.74) is 1.22. The molecule has 0 aromatic heterocycles. The Morgan fingerprint density at radius 1 is 1.12 bits per heavy atom. The fraction of sp³-hybridized carbons (Fsp3) is 0.286. The fourth-order valence-electron chi connectivity index (χ4n) is 1.82. The lowest BCUT2D eigenvalue weighted by Crippen LogP contribution is -2.17. The molecule has 0 unspecified atom stereocenters. The summed E-state index contributed by atoms with van der Waals surface area (Å²) >= 11 is 0. The monoisotopic (exact) mass is 231 g/mol. The van der Waals surface area contributed by atoms with Gasteiger partial charge >= 0.3 is 0 Å². The maximum Gasteiger partial charge on any atom is 0.119 e. The molecule has 3 nitrogen and oxygen atoms in total. The number of methoxy groups -OCH3 is 1. The third-order valence-corrected chi connectivity index (χ3v) is 2.73. The lowest BCUT2D eigenvalue weighted by Gasteiger charge is -2.06. The molecule has 0 aliphatic carbocycles. The first-order valence-electron chi connectivity index (χ1n) is 5.72. The fourth-order valence-corrected chi connectivity index (χ4v) is 1.82. The highest BCUT2D eigenvalue weighted by atomic mass is 16.5. The van der Waals surface area contributed by atoms with Gasteiger partial charge in [0.05, 0.1) is 13.7 Å². The van der Waals surface area contributed by atoms with Gasteiger partial charge in [-0.3, -0.25) is 0 Å². The highest BCUT2D eigenvalue weighted by Crippen LogP contribution is 2.21. The molecule has 2 aromatic carbocycles. The molecule has 0 spiro atoms. The summed E-state index contributed by atoms with van der Waals surface area (Å²) in [6.07, 6.45) is 0. The number of aliphatic hydroxyl groups excluding tert-OH is 1. The molecule has 0 aliphatic heterocycles. The van der Waals surface area contributed by atoms with Crippen molar-refractivity contribution in [1.82, 2.24) is 5.32 Å². The van der Waals surface area contributed by atoms with Gasteiger partial charge in [-0.15, -0.1) is 0 Å². The van der Waals surface area contributed by atoms with Crippen molar-refractivity contribution in [3.63, 3.8) is 0 Å². The molecule has 0 bridgehead atoms. The number of fused-ring (bicyclic) bond motifs is 1. The Labute approximate surface area is 101 Å². The van der Waals surface area contributed by atoms with Crippen molar-refractivity contribution in [3.8, 4) is 5.75 Å². The van der Waals surface area contributed by atoms with Crippen molar-refractivity contribution < 1.29 is 9.84 Å². The van der Waals surface area contributed by atoms with E-state index in [1.165, 1.54) is 16.3 Å². The molecular weight excluding hydrogens is 214 g/mol. The second-order valence-corrected chi connectivity index (χ2v) is 3.95. The molecule has 2 aromatic rings. The smallest absolute Gasteiger partial charge is 0.119 e. The summed E-state index contributed by atoms with van der Waals surface area (Å²) in [5, 5.41) is 14.2. The van der Waals surface area contributed by atoms with Crippen LogP contribution >= 0.6 is 0 Å². The molecule has 0 heterocycles. The van der Waals surface area contributed by atoms with Gasteiger partial charge in [0, 0.05) is 13.1 Å². The predicted octanol–water partition coefficient (Wildman–Crippen LogP) is 1.93. The molecule has 0 amide bonds. The van der Waals surface area contributed by atoms with Gasteiger partial charge < -0.3 is 15.2 Å². The number of hydrogen-bond acceptors (Lipinski definition) is 3. The minimum Gasteiger partial charge on any atom is -0.497 e. The Morgan fingerprint density at radius 2 is 1.88 bits per heavy atom. The molecule has 90 valence electrons. The molecule has 2 rings (SSSR count). The second-order valence-electron chi connectivity index (χ2n) is 3.95. The van der Waals surface area contributed by atoms with Gasteiger partial charge in [-0.2, -0.15) is 0 Å². The highest BCUT2D eigenvalue weighted by molar-refractivity contribution is 5.84. The van der Waals surface area contributed by atoms with Crippen LogP contribution in [-0.4, -0.2) is 25.4 Å². The first-order valence-corrected chi connectivity index (χ1v) is 5.72. The summed E-state index contributed by atoms with van der Waals surface area (Å²) in [6.45, 7) is 1.58. The van der Waals surface area contributed by atoms with Crippen molar-refractivity contribution in [1.29, 1.82) is 0 Å². The molecule has 0 saturated carbocycles. The van der Waals surface area contributed by atoms with Crippen LogP contribution < -0.4 is 10.1 Å². The van der Waals surface area contributed by atoms with E-state index in [2.05, 4.69) is 29.6 Å². The summed E-state index contributed by atoms with van der Waals surface area (Å²) in [4.78, 5) is 0. The van der Waals surface area contributed by atoms with Crippen molar-refractivity contribution in [2.75, 3.05) is 20.3 Å². The normalized spacial score (nSPS) is 10.7. The zero-order valence-corrected chi connectivity index (χ0v) is 9.94. The Hall–Kier alpha value is -1.58. The quantitative estimate of drug-likeness (QED) is 0.773. The molecule has 3 heteroatoms. The van der Waals surface area contributed by atoms with Crippen molar-refractivity contribution in [2.45, 2.75) is 6.54 Å². The molecule has 0 fully saturated rings. The maximum absolute atomic E-state index is 8.70. The van der Waals surface area contributed by atoms with Gasteiger partial charge in [0.15, 0.2) is 0 Å². The minimum absolute atomic E-state index is 0.171. The van der Waals surface area contributed by atoms with E-state index in [9.17, 15) is 0 Å². The van der Waals surface area contributed by atoms with Crippen LogP contribution in [0.25, 0.3) is 10.8 Å². The minimum atomic E-state index is 0.171. The van der Waals surface area contributed by atoms with Gasteiger partial charge in [-0.1, -0.05) is 18.2 Å². The highest BCUT2D eigenvalue weighted by Gasteiger charge is 1.98. The summed E-state index contributed by atoms with van der Waals surface area (Å²) in [6, 6.07) is 12.4. The van der Waals surface area contributed by atoms with Crippen molar-refractivity contribution in [2.24, 2.45) is 0 Å². The lowest BCUT2D eigenvalue weighted by atomic mass is 10.1. The van der Waals surface area contributed by atoms with E-state index in [1.54, 1.807) is 7.11 Å². The van der Waals surface area contributed by atoms with Crippen LogP contribution in [0.3, 0.4) is 0 Å². The van der Waals surface area contributed by atoms with Crippen molar-refractivity contribution >= 4 is 10.8 Å². The van der Waals surface area contributed by atoms with Crippen LogP contribution in [0.4, 0.5) is 0 Å². The van der Waals surface area contributed by atoms with Crippen LogP contribution in [0, 0.1) is 0 Å². The number of rotatable bonds is 5. The number of aliphatic hydroxyl groups is 1. The first kappa shape index (κ1) is 11.9. The molecule has 17 heavy (non-hydrogen) atoms. The molecule has 0 aliphatic rings. The molecule has 0 atom stereocenters. The van der Waals surface area contributed by atoms with E-state index in [4.69, 9.17) is 9.84 Å². The third kappa shape index (κ3) is 2.96. The molecular formula is C14H17NO2. The van der Waals surface area contributed by atoms with Gasteiger partial charge in [0.2, 0.25) is 0 Å². The number of ether oxygens (including phenoxy) is 1. The van der Waals surface area contributed by atoms with Crippen LogP contribution in [-0.2, 0) is 6.54 Å². The van der Waals surface area contributed by atoms with Crippen molar-refractivity contribution in [3.05, 3.63) is 42.0 Å². The molecule has 2 N–H and O–H groups in total. The Balaban J connectivity index is 2.19. The Kier molecular flexibility index (Phi) is 3.96. The first-order chi connectivity index (χ1) is 8.33. The van der Waals surface area contributed by atoms with Crippen LogP contribution in [0.1, 0.15) is 5.56 Å².